The van der Waals surface area contributed by atoms with Crippen LogP contribution in [0.1, 0.15) is 18.3 Å². The van der Waals surface area contributed by atoms with Crippen LogP contribution in [-0.2, 0) is 9.40 Å². The molecule has 1 rings (SSSR count). The van der Waals surface area contributed by atoms with Crippen molar-refractivity contribution in [3.05, 3.63) is 17.1 Å². The van der Waals surface area contributed by atoms with E-state index < -0.39 is 19.9 Å². The maximum atomic E-state index is 10.6. The molecular formula is C5H9N4O5P. The molecule has 0 amide bonds. The van der Waals surface area contributed by atoms with E-state index in [0.29, 0.717) is 0 Å². The maximum Gasteiger partial charge on any atom is 0.325 e. The van der Waals surface area contributed by atoms with Gasteiger partial charge in [-0.05, 0) is 0 Å². The Labute approximate surface area is 84.0 Å². The molecule has 0 radical (unpaired) electrons. The summed E-state index contributed by atoms with van der Waals surface area (Å²) in [6.45, 7) is 0. The topological polar surface area (TPSA) is 138 Å². The molecule has 0 spiro atoms. The van der Waals surface area contributed by atoms with Crippen LogP contribution in [0.5, 0.6) is 0 Å². The molecule has 0 aromatic carbocycles. The van der Waals surface area contributed by atoms with E-state index in [4.69, 9.17) is 9.79 Å². The van der Waals surface area contributed by atoms with Gasteiger partial charge in [-0.15, -0.1) is 4.91 Å². The molecule has 1 atom stereocenters. The van der Waals surface area contributed by atoms with E-state index in [-0.39, 0.29) is 12.2 Å². The summed E-state index contributed by atoms with van der Waals surface area (Å²) in [5.74, 6) is 0.128. The lowest BCUT2D eigenvalue weighted by atomic mass is 10.3. The Hall–Kier alpha value is -1.31. The molecule has 1 heterocycles. The molecule has 1 aromatic heterocycles. The van der Waals surface area contributed by atoms with E-state index in [9.17, 15) is 9.47 Å². The van der Waals surface area contributed by atoms with Crippen molar-refractivity contribution in [1.29, 1.82) is 0 Å². The lowest BCUT2D eigenvalue weighted by molar-refractivity contribution is 0.0457. The van der Waals surface area contributed by atoms with Crippen molar-refractivity contribution < 1.29 is 19.2 Å². The summed E-state index contributed by atoms with van der Waals surface area (Å²) >= 11 is 0. The predicted molar refractivity (Wildman–Crippen MR) is 47.5 cm³/mol. The molecule has 0 aliphatic rings. The minimum atomic E-state index is -4.13. The smallest absolute Gasteiger partial charge is 0.325 e. The summed E-state index contributed by atoms with van der Waals surface area (Å²) in [7, 11) is -4.13. The van der Waals surface area contributed by atoms with Crippen molar-refractivity contribution in [3.63, 3.8) is 0 Å². The van der Waals surface area contributed by atoms with Gasteiger partial charge < -0.3 is 14.6 Å². The highest BCUT2D eigenvalue weighted by molar-refractivity contribution is 7.51. The first-order valence-electron chi connectivity index (χ1n) is 3.91. The fourth-order valence-corrected chi connectivity index (χ4v) is 1.51. The van der Waals surface area contributed by atoms with Crippen LogP contribution in [0.25, 0.3) is 0 Å². The monoisotopic (exact) mass is 236 g/mol. The molecule has 0 saturated carbocycles. The van der Waals surface area contributed by atoms with Gasteiger partial charge in [-0.1, -0.05) is 0 Å². The van der Waals surface area contributed by atoms with Crippen LogP contribution in [0.3, 0.4) is 0 Å². The largest absolute Gasteiger partial charge is 0.352 e. The van der Waals surface area contributed by atoms with Gasteiger partial charge in [0.15, 0.2) is 17.3 Å². The van der Waals surface area contributed by atoms with Crippen LogP contribution in [0, 0.1) is 4.91 Å². The van der Waals surface area contributed by atoms with Crippen molar-refractivity contribution in [2.24, 2.45) is 5.34 Å². The minimum Gasteiger partial charge on any atom is -0.352 e. The van der Waals surface area contributed by atoms with Gasteiger partial charge in [-0.25, -0.2) is 4.98 Å². The normalized spacial score (nSPS) is 13.5. The Morgan fingerprint density at radius 2 is 2.40 bits per heavy atom. The van der Waals surface area contributed by atoms with E-state index in [1.54, 1.807) is 0 Å². The highest BCUT2D eigenvalue weighted by Crippen LogP contribution is 2.37. The summed E-state index contributed by atoms with van der Waals surface area (Å²) < 4.78 is 10.6. The van der Waals surface area contributed by atoms with E-state index in [2.05, 4.69) is 25.4 Å². The van der Waals surface area contributed by atoms with Gasteiger partial charge in [0, 0.05) is 6.42 Å². The van der Waals surface area contributed by atoms with E-state index in [1.165, 1.54) is 6.33 Å². The van der Waals surface area contributed by atoms with Crippen LogP contribution >= 0.6 is 7.60 Å². The molecule has 0 aliphatic carbocycles. The first kappa shape index (κ1) is 11.8. The third-order valence-corrected chi connectivity index (χ3v) is 2.42. The third-order valence-electron chi connectivity index (χ3n) is 1.57. The lowest BCUT2D eigenvalue weighted by Gasteiger charge is -2.09. The Bertz CT molecular complexity index is 348. The Kier molecular flexibility index (Phi) is 3.89. The number of aromatic nitrogens is 3. The zero-order chi connectivity index (χ0) is 11.3. The minimum absolute atomic E-state index is 0.0894. The zero-order valence-corrected chi connectivity index (χ0v) is 8.37. The lowest BCUT2D eigenvalue weighted by Crippen LogP contribution is -2.06. The van der Waals surface area contributed by atoms with Crippen LogP contribution in [0.15, 0.2) is 11.7 Å². The van der Waals surface area contributed by atoms with Crippen molar-refractivity contribution in [3.8, 4) is 0 Å². The van der Waals surface area contributed by atoms with Crippen molar-refractivity contribution in [1.82, 2.24) is 15.2 Å². The molecule has 0 fully saturated rings. The van der Waals surface area contributed by atoms with Crippen LogP contribution in [0.2, 0.25) is 0 Å². The predicted octanol–water partition coefficient (Wildman–Crippen LogP) is 0.112. The number of H-pyrrole nitrogens is 1. The molecule has 1 unspecified atom stereocenters. The second-order valence-electron chi connectivity index (χ2n) is 2.70. The van der Waals surface area contributed by atoms with Crippen molar-refractivity contribution in [2.45, 2.75) is 12.5 Å². The van der Waals surface area contributed by atoms with Gasteiger partial charge in [0.25, 0.3) is 0 Å². The molecule has 0 bridgehead atoms. The molecule has 0 saturated heterocycles. The average Bonchev–Trinajstić information content (AvgIpc) is 2.63. The van der Waals surface area contributed by atoms with Gasteiger partial charge in [0.05, 0.1) is 6.16 Å². The second kappa shape index (κ2) is 4.96. The highest BCUT2D eigenvalue weighted by Gasteiger charge is 2.23. The average molecular weight is 236 g/mol. The van der Waals surface area contributed by atoms with Crippen molar-refractivity contribution in [2.75, 3.05) is 6.16 Å². The number of hydrogen-bond donors (Lipinski definition) is 3. The molecule has 1 aromatic rings. The highest BCUT2D eigenvalue weighted by atomic mass is 31.2. The molecular weight excluding hydrogens is 227 g/mol. The number of rotatable bonds is 6. The van der Waals surface area contributed by atoms with Gasteiger partial charge in [-0.2, -0.15) is 5.10 Å². The maximum absolute atomic E-state index is 10.6. The Morgan fingerprint density at radius 1 is 1.67 bits per heavy atom. The molecule has 10 heteroatoms. The summed E-state index contributed by atoms with van der Waals surface area (Å²) in [5, 5.41) is 8.21. The Morgan fingerprint density at radius 3 is 2.87 bits per heavy atom. The fourth-order valence-electron chi connectivity index (χ4n) is 0.940. The van der Waals surface area contributed by atoms with Crippen LogP contribution in [-0.4, -0.2) is 31.1 Å². The molecule has 9 nitrogen and oxygen atoms in total. The summed E-state index contributed by atoms with van der Waals surface area (Å²) in [4.78, 5) is 35.2. The fraction of sp³-hybridized carbons (Fsp3) is 0.600. The molecule has 3 N–H and O–H groups in total. The van der Waals surface area contributed by atoms with E-state index in [1.807, 2.05) is 0 Å². The number of nitrogens with one attached hydrogen (secondary N) is 1. The standard InChI is InChI=1S/C5H9N4O5P/c10-9-14-4(1-2-15(11,12)13)5-6-3-7-8-5/h3-4H,1-2H2,(H,6,7,8)(H2,11,12,13). The summed E-state index contributed by atoms with van der Waals surface area (Å²) in [5.41, 5.74) is 0. The van der Waals surface area contributed by atoms with Gasteiger partial charge in [0.1, 0.15) is 6.33 Å². The van der Waals surface area contributed by atoms with Crippen molar-refractivity contribution >= 4 is 7.60 Å². The van der Waals surface area contributed by atoms with Crippen LogP contribution in [0.4, 0.5) is 0 Å². The quantitative estimate of drug-likeness (QED) is 0.362. The number of nitrogens with zero attached hydrogens (tertiary/aromatic N) is 3. The summed E-state index contributed by atoms with van der Waals surface area (Å²) in [6, 6.07) is 0. The number of aromatic amines is 1. The van der Waals surface area contributed by atoms with Gasteiger partial charge in [-0.3, -0.25) is 9.66 Å². The SMILES string of the molecule is O=NOC(CCP(=O)(O)O)c1nc[nH]n1. The first-order chi connectivity index (χ1) is 7.03. The van der Waals surface area contributed by atoms with E-state index >= 15 is 0 Å². The first-order valence-corrected chi connectivity index (χ1v) is 5.71. The number of hydrogen-bond acceptors (Lipinski definition) is 6. The molecule has 15 heavy (non-hydrogen) atoms. The van der Waals surface area contributed by atoms with Gasteiger partial charge in [0.2, 0.25) is 0 Å². The Balaban J connectivity index is 2.60. The third kappa shape index (κ3) is 4.15. The molecule has 84 valence electrons. The van der Waals surface area contributed by atoms with Gasteiger partial charge >= 0.3 is 7.60 Å². The molecule has 0 aliphatic heterocycles. The zero-order valence-electron chi connectivity index (χ0n) is 7.48. The van der Waals surface area contributed by atoms with Crippen LogP contribution < -0.4 is 0 Å². The van der Waals surface area contributed by atoms with E-state index in [0.717, 1.165) is 0 Å². The summed E-state index contributed by atoms with van der Waals surface area (Å²) in [6.07, 6.45) is -0.204. The second-order valence-corrected chi connectivity index (χ2v) is 4.48.